The summed E-state index contributed by atoms with van der Waals surface area (Å²) in [7, 11) is 1.47. The van der Waals surface area contributed by atoms with E-state index in [2.05, 4.69) is 10.3 Å². The Morgan fingerprint density at radius 2 is 2.14 bits per heavy atom. The van der Waals surface area contributed by atoms with Crippen molar-refractivity contribution in [3.05, 3.63) is 47.4 Å². The number of hydrogen-bond acceptors (Lipinski definition) is 4. The molecule has 0 atom stereocenters. The Labute approximate surface area is 121 Å². The highest BCUT2D eigenvalue weighted by Gasteiger charge is 2.12. The molecular weight excluding hydrogens is 273 g/mol. The molecule has 0 aliphatic rings. The van der Waals surface area contributed by atoms with Crippen LogP contribution in [0.1, 0.15) is 23.0 Å². The fraction of sp³-hybridized carbons (Fsp3) is 0.200. The quantitative estimate of drug-likeness (QED) is 0.907. The molecule has 1 aromatic heterocycles. The summed E-state index contributed by atoms with van der Waals surface area (Å²) in [4.78, 5) is 16.3. The van der Waals surface area contributed by atoms with E-state index in [4.69, 9.17) is 10.5 Å². The Balaban J connectivity index is 2.27. The van der Waals surface area contributed by atoms with Crippen LogP contribution in [0.15, 0.2) is 30.3 Å². The normalized spacial score (nSPS) is 10.2. The van der Waals surface area contributed by atoms with Gasteiger partial charge in [0.1, 0.15) is 17.4 Å². The zero-order chi connectivity index (χ0) is 15.4. The van der Waals surface area contributed by atoms with E-state index in [1.165, 1.54) is 31.4 Å². The number of hydrogen-bond donors (Lipinski definition) is 2. The van der Waals surface area contributed by atoms with Crippen LogP contribution in [0, 0.1) is 5.82 Å². The van der Waals surface area contributed by atoms with Crippen LogP contribution in [0.3, 0.4) is 0 Å². The molecular formula is C15H16FN3O2. The third-order valence-electron chi connectivity index (χ3n) is 2.94. The zero-order valence-corrected chi connectivity index (χ0v) is 11.8. The van der Waals surface area contributed by atoms with Crippen molar-refractivity contribution in [3.8, 4) is 5.75 Å². The number of aryl methyl sites for hydroxylation is 1. The summed E-state index contributed by atoms with van der Waals surface area (Å²) in [6.45, 7) is 1.91. The van der Waals surface area contributed by atoms with Gasteiger partial charge in [-0.25, -0.2) is 9.37 Å². The average Bonchev–Trinajstić information content (AvgIpc) is 2.48. The van der Waals surface area contributed by atoms with Gasteiger partial charge in [-0.1, -0.05) is 6.92 Å². The highest BCUT2D eigenvalue weighted by Crippen LogP contribution is 2.22. The molecule has 0 saturated carbocycles. The molecule has 0 aliphatic heterocycles. The number of anilines is 2. The monoisotopic (exact) mass is 289 g/mol. The number of carbonyl (C=O) groups excluding carboxylic acids is 1. The number of benzene rings is 1. The van der Waals surface area contributed by atoms with Gasteiger partial charge in [0.2, 0.25) is 0 Å². The maximum absolute atomic E-state index is 13.7. The lowest BCUT2D eigenvalue weighted by atomic mass is 10.1. The minimum absolute atomic E-state index is 0.0489. The Morgan fingerprint density at radius 3 is 2.81 bits per heavy atom. The van der Waals surface area contributed by atoms with Gasteiger partial charge >= 0.3 is 0 Å². The molecule has 0 unspecified atom stereocenters. The zero-order valence-electron chi connectivity index (χ0n) is 11.8. The third kappa shape index (κ3) is 3.47. The molecule has 0 radical (unpaired) electrons. The van der Waals surface area contributed by atoms with Gasteiger partial charge in [-0.3, -0.25) is 4.79 Å². The summed E-state index contributed by atoms with van der Waals surface area (Å²) in [6, 6.07) is 7.20. The van der Waals surface area contributed by atoms with Gasteiger partial charge < -0.3 is 15.8 Å². The minimum Gasteiger partial charge on any atom is -0.497 e. The molecule has 21 heavy (non-hydrogen) atoms. The average molecular weight is 289 g/mol. The molecule has 6 heteroatoms. The third-order valence-corrected chi connectivity index (χ3v) is 2.94. The van der Waals surface area contributed by atoms with Crippen molar-refractivity contribution in [2.45, 2.75) is 13.3 Å². The fourth-order valence-electron chi connectivity index (χ4n) is 1.84. The van der Waals surface area contributed by atoms with Crippen LogP contribution in [0.2, 0.25) is 0 Å². The molecule has 1 heterocycles. The summed E-state index contributed by atoms with van der Waals surface area (Å²) < 4.78 is 18.7. The number of rotatable bonds is 4. The van der Waals surface area contributed by atoms with Crippen molar-refractivity contribution in [2.24, 2.45) is 0 Å². The first kappa shape index (κ1) is 14.8. The maximum Gasteiger partial charge on any atom is 0.255 e. The first-order valence-corrected chi connectivity index (χ1v) is 6.44. The van der Waals surface area contributed by atoms with Crippen LogP contribution in [0.4, 0.5) is 15.9 Å². The van der Waals surface area contributed by atoms with Crippen molar-refractivity contribution < 1.29 is 13.9 Å². The number of nitrogens with one attached hydrogen (secondary N) is 1. The number of methoxy groups -OCH3 is 1. The largest absolute Gasteiger partial charge is 0.497 e. The second-order valence-electron chi connectivity index (χ2n) is 4.43. The van der Waals surface area contributed by atoms with Gasteiger partial charge in [-0.15, -0.1) is 0 Å². The molecule has 0 spiro atoms. The fourth-order valence-corrected chi connectivity index (χ4v) is 1.84. The highest BCUT2D eigenvalue weighted by molar-refractivity contribution is 6.04. The molecule has 0 aliphatic carbocycles. The van der Waals surface area contributed by atoms with E-state index in [1.807, 2.05) is 6.92 Å². The predicted molar refractivity (Wildman–Crippen MR) is 78.9 cm³/mol. The summed E-state index contributed by atoms with van der Waals surface area (Å²) >= 11 is 0. The SMILES string of the molecule is CCc1cc(C(=O)Nc2cc(OC)ccc2F)cc(N)n1. The van der Waals surface area contributed by atoms with E-state index in [1.54, 1.807) is 6.07 Å². The first-order chi connectivity index (χ1) is 10.0. The van der Waals surface area contributed by atoms with Crippen LogP contribution in [0.25, 0.3) is 0 Å². The minimum atomic E-state index is -0.540. The molecule has 0 saturated heterocycles. The van der Waals surface area contributed by atoms with E-state index >= 15 is 0 Å². The molecule has 1 amide bonds. The van der Waals surface area contributed by atoms with Gasteiger partial charge in [0.15, 0.2) is 0 Å². The standard InChI is InChI=1S/C15H16FN3O2/c1-3-10-6-9(7-14(17)18-10)15(20)19-13-8-11(21-2)4-5-12(13)16/h4-8H,3H2,1-2H3,(H2,17,18)(H,19,20). The summed E-state index contributed by atoms with van der Waals surface area (Å²) in [5, 5.41) is 2.50. The van der Waals surface area contributed by atoms with Crippen molar-refractivity contribution >= 4 is 17.4 Å². The van der Waals surface area contributed by atoms with Crippen molar-refractivity contribution in [1.82, 2.24) is 4.98 Å². The number of amides is 1. The summed E-state index contributed by atoms with van der Waals surface area (Å²) in [6.07, 6.45) is 0.652. The van der Waals surface area contributed by atoms with Crippen molar-refractivity contribution in [3.63, 3.8) is 0 Å². The number of nitrogen functional groups attached to an aromatic ring is 1. The number of nitrogens with zero attached hydrogens (tertiary/aromatic N) is 1. The molecule has 110 valence electrons. The highest BCUT2D eigenvalue weighted by atomic mass is 19.1. The molecule has 2 aromatic rings. The smallest absolute Gasteiger partial charge is 0.255 e. The number of aromatic nitrogens is 1. The molecule has 5 nitrogen and oxygen atoms in total. The molecule has 3 N–H and O–H groups in total. The number of carbonyl (C=O) groups is 1. The lowest BCUT2D eigenvalue weighted by Crippen LogP contribution is -2.14. The predicted octanol–water partition coefficient (Wildman–Crippen LogP) is 2.63. The van der Waals surface area contributed by atoms with Crippen LogP contribution < -0.4 is 15.8 Å². The molecule has 1 aromatic carbocycles. The van der Waals surface area contributed by atoms with Gasteiger partial charge in [0.25, 0.3) is 5.91 Å². The van der Waals surface area contributed by atoms with E-state index in [-0.39, 0.29) is 11.5 Å². The van der Waals surface area contributed by atoms with Crippen LogP contribution in [-0.4, -0.2) is 18.0 Å². The van der Waals surface area contributed by atoms with Gasteiger partial charge in [-0.05, 0) is 30.7 Å². The van der Waals surface area contributed by atoms with Crippen LogP contribution in [-0.2, 0) is 6.42 Å². The molecule has 0 bridgehead atoms. The van der Waals surface area contributed by atoms with Gasteiger partial charge in [-0.2, -0.15) is 0 Å². The van der Waals surface area contributed by atoms with Gasteiger partial charge in [0, 0.05) is 17.3 Å². The van der Waals surface area contributed by atoms with Gasteiger partial charge in [0.05, 0.1) is 12.8 Å². The molecule has 2 rings (SSSR count). The van der Waals surface area contributed by atoms with E-state index in [9.17, 15) is 9.18 Å². The lowest BCUT2D eigenvalue weighted by Gasteiger charge is -2.09. The first-order valence-electron chi connectivity index (χ1n) is 6.44. The Hall–Kier alpha value is -2.63. The number of pyridine rings is 1. The molecule has 0 fully saturated rings. The van der Waals surface area contributed by atoms with E-state index in [0.717, 1.165) is 0 Å². The summed E-state index contributed by atoms with van der Waals surface area (Å²) in [5.41, 5.74) is 6.74. The maximum atomic E-state index is 13.7. The second kappa shape index (κ2) is 6.21. The van der Waals surface area contributed by atoms with Crippen molar-refractivity contribution in [2.75, 3.05) is 18.2 Å². The Bertz CT molecular complexity index is 674. The summed E-state index contributed by atoms with van der Waals surface area (Å²) in [5.74, 6) is -0.284. The van der Waals surface area contributed by atoms with E-state index < -0.39 is 11.7 Å². The Morgan fingerprint density at radius 1 is 1.38 bits per heavy atom. The lowest BCUT2D eigenvalue weighted by molar-refractivity contribution is 0.102. The van der Waals surface area contributed by atoms with Crippen molar-refractivity contribution in [1.29, 1.82) is 0 Å². The van der Waals surface area contributed by atoms with Crippen LogP contribution in [0.5, 0.6) is 5.75 Å². The topological polar surface area (TPSA) is 77.2 Å². The second-order valence-corrected chi connectivity index (χ2v) is 4.43. The van der Waals surface area contributed by atoms with Crippen LogP contribution >= 0.6 is 0 Å². The van der Waals surface area contributed by atoms with E-state index in [0.29, 0.717) is 23.4 Å². The number of ether oxygens (including phenoxy) is 1. The number of nitrogens with two attached hydrogens (primary N) is 1. The number of halogens is 1. The Kier molecular flexibility index (Phi) is 4.37.